The first-order valence-electron chi connectivity index (χ1n) is 2.41. The molecular weight excluding hydrogens is 215 g/mol. The fourth-order valence-electron chi connectivity index (χ4n) is 0.354. The third-order valence-electron chi connectivity index (χ3n) is 0.707. The van der Waals surface area contributed by atoms with Crippen LogP contribution in [0.25, 0.3) is 0 Å². The summed E-state index contributed by atoms with van der Waals surface area (Å²) in [7, 11) is 0. The summed E-state index contributed by atoms with van der Waals surface area (Å²) in [5, 5.41) is 3.06. The summed E-state index contributed by atoms with van der Waals surface area (Å²) < 4.78 is 0. The van der Waals surface area contributed by atoms with Gasteiger partial charge in [0.15, 0.2) is 0 Å². The maximum Gasteiger partial charge on any atom is 3.00 e. The molecule has 0 radical (unpaired) electrons. The van der Waals surface area contributed by atoms with Crippen LogP contribution in [0, 0.1) is 0 Å². The normalized spacial score (nSPS) is 3.40. The minimum absolute atomic E-state index is 0. The van der Waals surface area contributed by atoms with Crippen LogP contribution >= 0.6 is 0 Å². The SMILES string of the molecule is C[CH2][Zn][CH2]C.[Al+3].[Al+3].[O-2].[O-2].[O-2]. The Morgan fingerprint density at radius 3 is 1.00 bits per heavy atom. The van der Waals surface area contributed by atoms with Crippen molar-refractivity contribution >= 4 is 34.7 Å². The van der Waals surface area contributed by atoms with Crippen LogP contribution in [0.5, 0.6) is 0 Å². The van der Waals surface area contributed by atoms with Crippen LogP contribution in [-0.4, -0.2) is 34.7 Å². The van der Waals surface area contributed by atoms with Crippen LogP contribution in [0.15, 0.2) is 0 Å². The van der Waals surface area contributed by atoms with Crippen molar-refractivity contribution in [3.63, 3.8) is 0 Å². The predicted octanol–water partition coefficient (Wildman–Crippen LogP) is 0.827. The first kappa shape index (κ1) is 41.7. The molecule has 0 aromatic heterocycles. The van der Waals surface area contributed by atoms with Crippen LogP contribution in [0.3, 0.4) is 0 Å². The number of rotatable bonds is 2. The number of hydrogen-bond acceptors (Lipinski definition) is 0. The molecule has 0 bridgehead atoms. The summed E-state index contributed by atoms with van der Waals surface area (Å²) in [6, 6.07) is 0. The van der Waals surface area contributed by atoms with E-state index in [9.17, 15) is 0 Å². The van der Waals surface area contributed by atoms with Crippen LogP contribution in [0.4, 0.5) is 0 Å². The smallest absolute Gasteiger partial charge is 2.00 e. The van der Waals surface area contributed by atoms with Crippen molar-refractivity contribution < 1.29 is 33.6 Å². The predicted molar refractivity (Wildman–Crippen MR) is 34.5 cm³/mol. The molecule has 0 heterocycles. The van der Waals surface area contributed by atoms with Crippen molar-refractivity contribution in [2.75, 3.05) is 0 Å². The van der Waals surface area contributed by atoms with Crippen molar-refractivity contribution in [1.29, 1.82) is 0 Å². The van der Waals surface area contributed by atoms with Gasteiger partial charge in [-0.15, -0.1) is 0 Å². The van der Waals surface area contributed by atoms with Gasteiger partial charge in [-0.2, -0.15) is 0 Å². The Hall–Kier alpha value is 1.57. The van der Waals surface area contributed by atoms with Crippen LogP contribution in [-0.2, 0) is 33.6 Å². The number of hydrogen-bond donors (Lipinski definition) is 0. The zero-order valence-corrected chi connectivity index (χ0v) is 11.8. The van der Waals surface area contributed by atoms with E-state index in [-0.39, 0.29) is 68.3 Å². The van der Waals surface area contributed by atoms with E-state index in [4.69, 9.17) is 0 Å². The summed E-state index contributed by atoms with van der Waals surface area (Å²) in [6.07, 6.45) is 0. The summed E-state index contributed by atoms with van der Waals surface area (Å²) >= 11 is 0.0972. The molecule has 0 saturated carbocycles. The van der Waals surface area contributed by atoms with Gasteiger partial charge in [-0.05, 0) is 0 Å². The van der Waals surface area contributed by atoms with E-state index < -0.39 is 0 Å². The molecule has 0 saturated heterocycles. The molecule has 0 amide bonds. The van der Waals surface area contributed by atoms with Crippen molar-refractivity contribution in [1.82, 2.24) is 0 Å². The molecule has 3 nitrogen and oxygen atoms in total. The Kier molecular flexibility index (Phi) is 193. The van der Waals surface area contributed by atoms with Gasteiger partial charge in [-0.25, -0.2) is 0 Å². The molecule has 0 aliphatic carbocycles. The van der Waals surface area contributed by atoms with E-state index in [1.54, 1.807) is 0 Å². The standard InChI is InChI=1S/2C2H5.2Al.3O.Zn/c2*1-2;;;;;;/h2*1H2,2H3;;;;;;/q;;2*+3;3*-2;. The molecule has 0 aliphatic heterocycles. The minimum atomic E-state index is 0. The first-order chi connectivity index (χ1) is 2.41. The van der Waals surface area contributed by atoms with E-state index in [1.807, 2.05) is 0 Å². The molecule has 0 rings (SSSR count). The van der Waals surface area contributed by atoms with E-state index >= 15 is 0 Å². The molecule has 0 spiro atoms. The van der Waals surface area contributed by atoms with Crippen molar-refractivity contribution in [3.8, 4) is 0 Å². The van der Waals surface area contributed by atoms with Gasteiger partial charge >= 0.3 is 75.7 Å². The Bertz CT molecular complexity index is 26.0. The van der Waals surface area contributed by atoms with Gasteiger partial charge in [0.1, 0.15) is 0 Å². The quantitative estimate of drug-likeness (QED) is 0.623. The van der Waals surface area contributed by atoms with E-state index in [1.165, 1.54) is 10.0 Å². The Morgan fingerprint density at radius 1 is 0.800 bits per heavy atom. The third-order valence-corrected chi connectivity index (χ3v) is 3.67. The molecule has 0 aliphatic rings. The van der Waals surface area contributed by atoms with Gasteiger partial charge in [0.25, 0.3) is 0 Å². The topological polar surface area (TPSA) is 85.5 Å². The molecule has 10 heavy (non-hydrogen) atoms. The average Bonchev–Trinajstić information content (AvgIpc) is 1.41. The zero-order valence-electron chi connectivity index (χ0n) is 6.50. The van der Waals surface area contributed by atoms with Crippen molar-refractivity contribution in [3.05, 3.63) is 0 Å². The molecule has 52 valence electrons. The van der Waals surface area contributed by atoms with Gasteiger partial charge in [0.2, 0.25) is 0 Å². The second-order valence-electron chi connectivity index (χ2n) is 1.35. The van der Waals surface area contributed by atoms with Gasteiger partial charge in [-0.1, -0.05) is 0 Å². The second-order valence-corrected chi connectivity index (χ2v) is 7.03. The zero-order chi connectivity index (χ0) is 4.12. The van der Waals surface area contributed by atoms with Gasteiger partial charge in [0, 0.05) is 0 Å². The average molecular weight is 225 g/mol. The van der Waals surface area contributed by atoms with Gasteiger partial charge < -0.3 is 16.4 Å². The van der Waals surface area contributed by atoms with E-state index in [0.717, 1.165) is 0 Å². The van der Waals surface area contributed by atoms with Gasteiger partial charge in [-0.3, -0.25) is 0 Å². The second kappa shape index (κ2) is 46.4. The van der Waals surface area contributed by atoms with E-state index in [2.05, 4.69) is 13.8 Å². The molecule has 6 heteroatoms. The Balaban J connectivity index is -0.00000000800. The first-order valence-corrected chi connectivity index (χ1v) is 6.61. The molecule has 0 N–H and O–H groups in total. The minimum Gasteiger partial charge on any atom is -2.00 e. The largest absolute Gasteiger partial charge is 3.00 e. The Labute approximate surface area is 91.7 Å². The molecule has 0 aromatic rings. The maximum absolute atomic E-state index is 2.30. The maximum atomic E-state index is 2.30. The van der Waals surface area contributed by atoms with Crippen LogP contribution in [0.1, 0.15) is 13.8 Å². The van der Waals surface area contributed by atoms with Gasteiger partial charge in [0.05, 0.1) is 0 Å². The summed E-state index contributed by atoms with van der Waals surface area (Å²) in [5.41, 5.74) is 0. The summed E-state index contributed by atoms with van der Waals surface area (Å²) in [6.45, 7) is 4.59. The molecule has 0 atom stereocenters. The van der Waals surface area contributed by atoms with E-state index in [0.29, 0.717) is 0 Å². The van der Waals surface area contributed by atoms with Crippen molar-refractivity contribution in [2.45, 2.75) is 23.9 Å². The Morgan fingerprint density at radius 2 is 1.00 bits per heavy atom. The fraction of sp³-hybridized carbons (Fsp3) is 1.00. The van der Waals surface area contributed by atoms with Crippen molar-refractivity contribution in [2.24, 2.45) is 0 Å². The molecule has 0 unspecified atom stereocenters. The van der Waals surface area contributed by atoms with Crippen LogP contribution < -0.4 is 0 Å². The third kappa shape index (κ3) is 55.2. The monoisotopic (exact) mass is 224 g/mol. The molecule has 0 aromatic carbocycles. The summed E-state index contributed by atoms with van der Waals surface area (Å²) in [5.74, 6) is 0. The summed E-state index contributed by atoms with van der Waals surface area (Å²) in [4.78, 5) is 0. The fourth-order valence-corrected chi connectivity index (χ4v) is 1.84. The molecule has 0 fully saturated rings. The molecular formula is C4H10Al2O3Zn. The van der Waals surface area contributed by atoms with Crippen LogP contribution in [0.2, 0.25) is 10.0 Å².